The van der Waals surface area contributed by atoms with Gasteiger partial charge in [0, 0.05) is 29.8 Å². The molecule has 0 heterocycles. The Kier molecular flexibility index (Phi) is 6.56. The Labute approximate surface area is 153 Å². The van der Waals surface area contributed by atoms with Crippen molar-refractivity contribution in [3.05, 3.63) is 60.2 Å². The summed E-state index contributed by atoms with van der Waals surface area (Å²) in [5, 5.41) is 5.70. The number of benzene rings is 2. The maximum absolute atomic E-state index is 12.2. The third-order valence-electron chi connectivity index (χ3n) is 4.00. The van der Waals surface area contributed by atoms with Crippen molar-refractivity contribution >= 4 is 35.6 Å². The second-order valence-electron chi connectivity index (χ2n) is 6.11. The van der Waals surface area contributed by atoms with Crippen LogP contribution in [0.15, 0.2) is 54.6 Å². The van der Waals surface area contributed by atoms with Gasteiger partial charge in [0.2, 0.25) is 11.8 Å². The Morgan fingerprint density at radius 2 is 1.64 bits per heavy atom. The van der Waals surface area contributed by atoms with Crippen molar-refractivity contribution in [1.29, 1.82) is 0 Å². The smallest absolute Gasteiger partial charge is 0.227 e. The molecule has 1 aliphatic carbocycles. The molecular weight excluding hydrogens is 338 g/mol. The molecule has 4 N–H and O–H groups in total. The normalized spacial score (nSPS) is 14.1. The molecule has 0 aliphatic heterocycles. The molecule has 132 valence electrons. The molecule has 0 aromatic heterocycles. The first kappa shape index (κ1) is 19.0. The summed E-state index contributed by atoms with van der Waals surface area (Å²) in [4.78, 5) is 24.0. The number of carbonyl (C=O) groups excluding carboxylic acids is 2. The Bertz CT molecular complexity index is 732. The van der Waals surface area contributed by atoms with E-state index in [4.69, 9.17) is 5.73 Å². The van der Waals surface area contributed by atoms with E-state index in [0.717, 1.165) is 18.4 Å². The molecular formula is C19H22ClN3O2. The van der Waals surface area contributed by atoms with E-state index in [-0.39, 0.29) is 42.6 Å². The van der Waals surface area contributed by atoms with Crippen LogP contribution in [0.3, 0.4) is 0 Å². The number of anilines is 2. The Balaban J connectivity index is 0.00000225. The topological polar surface area (TPSA) is 84.2 Å². The number of halogens is 1. The number of carbonyl (C=O) groups is 2. The van der Waals surface area contributed by atoms with E-state index in [1.54, 1.807) is 18.2 Å². The summed E-state index contributed by atoms with van der Waals surface area (Å²) in [6, 6.07) is 16.4. The van der Waals surface area contributed by atoms with E-state index in [1.807, 2.05) is 36.4 Å². The monoisotopic (exact) mass is 359 g/mol. The minimum atomic E-state index is -0.344. The fraction of sp³-hybridized carbons (Fsp3) is 0.263. The zero-order valence-corrected chi connectivity index (χ0v) is 14.6. The standard InChI is InChI=1S/C19H21N3O2.ClH/c20-17(13-5-2-1-3-6-13)12-18(23)21-15-7-4-8-16(11-15)22-19(24)14-9-10-14;/h1-8,11,14,17H,9-10,12,20H2,(H,21,23)(H,22,24);1H. The van der Waals surface area contributed by atoms with Gasteiger partial charge in [0.1, 0.15) is 0 Å². The van der Waals surface area contributed by atoms with Crippen LogP contribution in [0.1, 0.15) is 30.9 Å². The fourth-order valence-corrected chi connectivity index (χ4v) is 2.49. The maximum atomic E-state index is 12.2. The second kappa shape index (κ2) is 8.65. The van der Waals surface area contributed by atoms with Crippen molar-refractivity contribution < 1.29 is 9.59 Å². The van der Waals surface area contributed by atoms with Crippen LogP contribution in [0, 0.1) is 5.92 Å². The van der Waals surface area contributed by atoms with Crippen LogP contribution in [-0.2, 0) is 9.59 Å². The zero-order chi connectivity index (χ0) is 16.9. The molecule has 1 saturated carbocycles. The number of nitrogens with one attached hydrogen (secondary N) is 2. The third kappa shape index (κ3) is 5.59. The minimum absolute atomic E-state index is 0. The van der Waals surface area contributed by atoms with E-state index >= 15 is 0 Å². The van der Waals surface area contributed by atoms with Gasteiger partial charge < -0.3 is 16.4 Å². The average molecular weight is 360 g/mol. The summed E-state index contributed by atoms with van der Waals surface area (Å²) in [7, 11) is 0. The van der Waals surface area contributed by atoms with Crippen molar-refractivity contribution in [3.63, 3.8) is 0 Å². The summed E-state index contributed by atoms with van der Waals surface area (Å²) >= 11 is 0. The molecule has 25 heavy (non-hydrogen) atoms. The average Bonchev–Trinajstić information content (AvgIpc) is 3.41. The van der Waals surface area contributed by atoms with E-state index in [1.165, 1.54) is 0 Å². The summed E-state index contributed by atoms with van der Waals surface area (Å²) in [5.74, 6) is 0.0358. The molecule has 6 heteroatoms. The van der Waals surface area contributed by atoms with Crippen molar-refractivity contribution in [1.82, 2.24) is 0 Å². The Morgan fingerprint density at radius 1 is 1.00 bits per heavy atom. The van der Waals surface area contributed by atoms with E-state index in [0.29, 0.717) is 11.4 Å². The van der Waals surface area contributed by atoms with E-state index in [9.17, 15) is 9.59 Å². The molecule has 1 unspecified atom stereocenters. The van der Waals surface area contributed by atoms with Crippen LogP contribution in [0.5, 0.6) is 0 Å². The molecule has 2 amide bonds. The Hall–Kier alpha value is -2.37. The molecule has 2 aromatic rings. The van der Waals surface area contributed by atoms with Crippen molar-refractivity contribution in [3.8, 4) is 0 Å². The highest BCUT2D eigenvalue weighted by Gasteiger charge is 2.29. The highest BCUT2D eigenvalue weighted by Crippen LogP contribution is 2.30. The predicted octanol–water partition coefficient (Wildman–Crippen LogP) is 3.49. The number of hydrogen-bond donors (Lipinski definition) is 3. The van der Waals surface area contributed by atoms with E-state index in [2.05, 4.69) is 10.6 Å². The first-order valence-corrected chi connectivity index (χ1v) is 8.13. The van der Waals surface area contributed by atoms with Gasteiger partial charge in [-0.15, -0.1) is 12.4 Å². The molecule has 0 bridgehead atoms. The van der Waals surface area contributed by atoms with Crippen LogP contribution < -0.4 is 16.4 Å². The first-order chi connectivity index (χ1) is 11.6. The molecule has 1 aliphatic rings. The fourth-order valence-electron chi connectivity index (χ4n) is 2.49. The van der Waals surface area contributed by atoms with Gasteiger partial charge >= 0.3 is 0 Å². The van der Waals surface area contributed by atoms with Gasteiger partial charge in [0.05, 0.1) is 0 Å². The van der Waals surface area contributed by atoms with Crippen LogP contribution in [0.2, 0.25) is 0 Å². The predicted molar refractivity (Wildman–Crippen MR) is 102 cm³/mol. The number of hydrogen-bond acceptors (Lipinski definition) is 3. The second-order valence-corrected chi connectivity index (χ2v) is 6.11. The molecule has 5 nitrogen and oxygen atoms in total. The van der Waals surface area contributed by atoms with E-state index < -0.39 is 0 Å². The highest BCUT2D eigenvalue weighted by atomic mass is 35.5. The van der Waals surface area contributed by atoms with Gasteiger partial charge in [-0.3, -0.25) is 9.59 Å². The SMILES string of the molecule is Cl.NC(CC(=O)Nc1cccc(NC(=O)C2CC2)c1)c1ccccc1. The first-order valence-electron chi connectivity index (χ1n) is 8.13. The number of nitrogens with two attached hydrogens (primary N) is 1. The molecule has 0 radical (unpaired) electrons. The summed E-state index contributed by atoms with van der Waals surface area (Å²) in [6.45, 7) is 0. The van der Waals surface area contributed by atoms with Crippen LogP contribution in [0.25, 0.3) is 0 Å². The molecule has 3 rings (SSSR count). The van der Waals surface area contributed by atoms with Gasteiger partial charge in [0.25, 0.3) is 0 Å². The van der Waals surface area contributed by atoms with Gasteiger partial charge in [-0.1, -0.05) is 36.4 Å². The highest BCUT2D eigenvalue weighted by molar-refractivity contribution is 5.96. The largest absolute Gasteiger partial charge is 0.326 e. The molecule has 2 aromatic carbocycles. The van der Waals surface area contributed by atoms with Gasteiger partial charge in [-0.05, 0) is 36.6 Å². The Morgan fingerprint density at radius 3 is 2.28 bits per heavy atom. The summed E-state index contributed by atoms with van der Waals surface area (Å²) < 4.78 is 0. The number of amides is 2. The summed E-state index contributed by atoms with van der Waals surface area (Å²) in [5.41, 5.74) is 8.34. The lowest BCUT2D eigenvalue weighted by Gasteiger charge is -2.13. The van der Waals surface area contributed by atoms with Gasteiger partial charge in [0.15, 0.2) is 0 Å². The van der Waals surface area contributed by atoms with Crippen molar-refractivity contribution in [2.24, 2.45) is 11.7 Å². The maximum Gasteiger partial charge on any atom is 0.227 e. The van der Waals surface area contributed by atoms with Crippen molar-refractivity contribution in [2.75, 3.05) is 10.6 Å². The molecule has 1 fully saturated rings. The van der Waals surface area contributed by atoms with Crippen LogP contribution in [0.4, 0.5) is 11.4 Å². The lowest BCUT2D eigenvalue weighted by atomic mass is 10.0. The molecule has 0 saturated heterocycles. The lowest BCUT2D eigenvalue weighted by Crippen LogP contribution is -2.20. The number of rotatable bonds is 6. The van der Waals surface area contributed by atoms with Gasteiger partial charge in [-0.2, -0.15) is 0 Å². The lowest BCUT2D eigenvalue weighted by molar-refractivity contribution is -0.117. The molecule has 1 atom stereocenters. The summed E-state index contributed by atoms with van der Waals surface area (Å²) in [6.07, 6.45) is 2.11. The van der Waals surface area contributed by atoms with Gasteiger partial charge in [-0.25, -0.2) is 0 Å². The quantitative estimate of drug-likeness (QED) is 0.738. The van der Waals surface area contributed by atoms with Crippen LogP contribution >= 0.6 is 12.4 Å². The van der Waals surface area contributed by atoms with Crippen LogP contribution in [-0.4, -0.2) is 11.8 Å². The molecule has 0 spiro atoms. The zero-order valence-electron chi connectivity index (χ0n) is 13.8. The third-order valence-corrected chi connectivity index (χ3v) is 4.00. The van der Waals surface area contributed by atoms with Crippen molar-refractivity contribution in [2.45, 2.75) is 25.3 Å². The minimum Gasteiger partial charge on any atom is -0.326 e.